The van der Waals surface area contributed by atoms with Crippen molar-refractivity contribution in [3.8, 4) is 0 Å². The van der Waals surface area contributed by atoms with Gasteiger partial charge in [0.25, 0.3) is 5.91 Å². The second-order valence-corrected chi connectivity index (χ2v) is 7.15. The number of hydrogen-bond acceptors (Lipinski definition) is 4. The average Bonchev–Trinajstić information content (AvgIpc) is 2.86. The number of nitrogens with two attached hydrogens (primary N) is 1. The van der Waals surface area contributed by atoms with Crippen molar-refractivity contribution >= 4 is 11.7 Å². The smallest absolute Gasteiger partial charge is 0.271 e. The molecule has 3 unspecified atom stereocenters. The predicted molar refractivity (Wildman–Crippen MR) is 76.9 cm³/mol. The molecule has 2 saturated carbocycles. The molecule has 0 saturated heterocycles. The Morgan fingerprint density at radius 2 is 2.10 bits per heavy atom. The molecular formula is C15H22N4O. The lowest BCUT2D eigenvalue weighted by molar-refractivity contribution is 0.0733. The van der Waals surface area contributed by atoms with E-state index in [9.17, 15) is 4.79 Å². The molecule has 0 spiro atoms. The fraction of sp³-hybridized carbons (Fsp3) is 0.667. The number of nitrogen functional groups attached to an aromatic ring is 1. The Labute approximate surface area is 119 Å². The minimum Gasteiger partial charge on any atom is -0.382 e. The molecule has 0 aliphatic heterocycles. The van der Waals surface area contributed by atoms with Crippen LogP contribution in [0, 0.1) is 16.7 Å². The Balaban J connectivity index is 1.80. The summed E-state index contributed by atoms with van der Waals surface area (Å²) in [6, 6.07) is 0.195. The zero-order valence-electron chi connectivity index (χ0n) is 12.3. The number of anilines is 1. The molecule has 1 amide bonds. The van der Waals surface area contributed by atoms with Crippen molar-refractivity contribution in [3.63, 3.8) is 0 Å². The highest BCUT2D eigenvalue weighted by Crippen LogP contribution is 2.62. The third-order valence-electron chi connectivity index (χ3n) is 5.45. The van der Waals surface area contributed by atoms with Gasteiger partial charge in [-0.3, -0.25) is 4.79 Å². The second kappa shape index (κ2) is 4.17. The zero-order valence-corrected chi connectivity index (χ0v) is 12.3. The molecule has 0 radical (unpaired) electrons. The van der Waals surface area contributed by atoms with Gasteiger partial charge in [0.2, 0.25) is 0 Å². The van der Waals surface area contributed by atoms with Gasteiger partial charge in [-0.05, 0) is 36.0 Å². The number of amides is 1. The lowest BCUT2D eigenvalue weighted by atomic mass is 9.68. The molecule has 2 fully saturated rings. The number of carbonyl (C=O) groups excluding carboxylic acids is 1. The Bertz CT molecular complexity index is 535. The highest BCUT2D eigenvalue weighted by Gasteiger charge is 2.59. The van der Waals surface area contributed by atoms with Crippen molar-refractivity contribution < 1.29 is 4.79 Å². The highest BCUT2D eigenvalue weighted by molar-refractivity contribution is 5.92. The quantitative estimate of drug-likeness (QED) is 0.864. The molecule has 5 nitrogen and oxygen atoms in total. The number of nitrogens with zero attached hydrogens (tertiary/aromatic N) is 2. The monoisotopic (exact) mass is 274 g/mol. The number of fused-ring (bicyclic) bond motifs is 2. The van der Waals surface area contributed by atoms with Crippen LogP contribution in [0.1, 0.15) is 50.5 Å². The summed E-state index contributed by atoms with van der Waals surface area (Å²) in [4.78, 5) is 20.3. The molecule has 0 aromatic carbocycles. The number of nitrogens with one attached hydrogen (secondary N) is 1. The Morgan fingerprint density at radius 1 is 1.35 bits per heavy atom. The first-order chi connectivity index (χ1) is 9.33. The van der Waals surface area contributed by atoms with Gasteiger partial charge in [0.05, 0.1) is 12.4 Å². The van der Waals surface area contributed by atoms with Crippen LogP contribution < -0.4 is 11.1 Å². The van der Waals surface area contributed by atoms with E-state index in [0.717, 1.165) is 0 Å². The summed E-state index contributed by atoms with van der Waals surface area (Å²) in [7, 11) is 0. The molecule has 1 aromatic heterocycles. The van der Waals surface area contributed by atoms with Crippen molar-refractivity contribution in [1.29, 1.82) is 0 Å². The number of hydrogen-bond donors (Lipinski definition) is 2. The van der Waals surface area contributed by atoms with E-state index in [1.165, 1.54) is 31.7 Å². The molecule has 2 aliphatic carbocycles. The average molecular weight is 274 g/mol. The molecule has 3 rings (SSSR count). The van der Waals surface area contributed by atoms with E-state index in [1.807, 2.05) is 0 Å². The normalized spacial score (nSPS) is 34.1. The summed E-state index contributed by atoms with van der Waals surface area (Å²) < 4.78 is 0. The molecule has 3 N–H and O–H groups in total. The van der Waals surface area contributed by atoms with Crippen molar-refractivity contribution in [3.05, 3.63) is 18.1 Å². The van der Waals surface area contributed by atoms with Gasteiger partial charge < -0.3 is 11.1 Å². The molecule has 5 heteroatoms. The largest absolute Gasteiger partial charge is 0.382 e. The van der Waals surface area contributed by atoms with Gasteiger partial charge in [0.15, 0.2) is 0 Å². The van der Waals surface area contributed by atoms with Crippen LogP contribution >= 0.6 is 0 Å². The van der Waals surface area contributed by atoms with Crippen LogP contribution in [0.3, 0.4) is 0 Å². The van der Waals surface area contributed by atoms with Gasteiger partial charge in [0, 0.05) is 6.04 Å². The summed E-state index contributed by atoms with van der Waals surface area (Å²) in [5.74, 6) is 0.883. The van der Waals surface area contributed by atoms with Gasteiger partial charge >= 0.3 is 0 Å². The van der Waals surface area contributed by atoms with Crippen LogP contribution in [-0.4, -0.2) is 21.9 Å². The van der Waals surface area contributed by atoms with E-state index >= 15 is 0 Å². The van der Waals surface area contributed by atoms with Gasteiger partial charge in [-0.2, -0.15) is 0 Å². The maximum Gasteiger partial charge on any atom is 0.271 e. The van der Waals surface area contributed by atoms with Crippen LogP contribution in [0.25, 0.3) is 0 Å². The predicted octanol–water partition coefficient (Wildman–Crippen LogP) is 2.00. The van der Waals surface area contributed by atoms with E-state index < -0.39 is 0 Å². The summed E-state index contributed by atoms with van der Waals surface area (Å²) in [6.07, 6.45) is 6.53. The van der Waals surface area contributed by atoms with E-state index in [2.05, 4.69) is 36.1 Å². The van der Waals surface area contributed by atoms with E-state index in [1.54, 1.807) is 0 Å². The van der Waals surface area contributed by atoms with E-state index in [-0.39, 0.29) is 22.8 Å². The van der Waals surface area contributed by atoms with Crippen LogP contribution in [0.2, 0.25) is 0 Å². The maximum absolute atomic E-state index is 12.4. The molecule has 3 atom stereocenters. The van der Waals surface area contributed by atoms with Crippen LogP contribution in [0.4, 0.5) is 5.82 Å². The molecule has 1 aromatic rings. The summed E-state index contributed by atoms with van der Waals surface area (Å²) in [5, 5.41) is 3.19. The molecule has 20 heavy (non-hydrogen) atoms. The van der Waals surface area contributed by atoms with Crippen LogP contribution in [-0.2, 0) is 0 Å². The minimum atomic E-state index is -0.149. The van der Waals surface area contributed by atoms with Crippen molar-refractivity contribution in [2.75, 3.05) is 5.73 Å². The van der Waals surface area contributed by atoms with Crippen molar-refractivity contribution in [1.82, 2.24) is 15.3 Å². The first-order valence-corrected chi connectivity index (χ1v) is 7.21. The van der Waals surface area contributed by atoms with Gasteiger partial charge in [-0.15, -0.1) is 0 Å². The number of rotatable bonds is 2. The van der Waals surface area contributed by atoms with Crippen LogP contribution in [0.15, 0.2) is 12.4 Å². The summed E-state index contributed by atoms with van der Waals surface area (Å²) in [5.41, 5.74) is 6.19. The third kappa shape index (κ3) is 1.87. The Kier molecular flexibility index (Phi) is 2.78. The highest BCUT2D eigenvalue weighted by atomic mass is 16.2. The lowest BCUT2D eigenvalue weighted by Gasteiger charge is -2.43. The van der Waals surface area contributed by atoms with E-state index in [4.69, 9.17) is 5.73 Å². The molecule has 108 valence electrons. The standard InChI is InChI=1S/C15H22N4O/c1-14(2)9-4-5-15(3,6-9)13(14)19-12(20)10-7-18-11(16)8-17-10/h7-9,13H,4-6H2,1-3H3,(H2,16,18)(H,19,20). The first-order valence-electron chi connectivity index (χ1n) is 7.21. The van der Waals surface area contributed by atoms with Crippen LogP contribution in [0.5, 0.6) is 0 Å². The SMILES string of the molecule is CC12CCC(C1)C(C)(C)C2NC(=O)c1cnc(N)cn1. The fourth-order valence-electron chi connectivity index (χ4n) is 4.32. The van der Waals surface area contributed by atoms with Crippen molar-refractivity contribution in [2.45, 2.75) is 46.1 Å². The maximum atomic E-state index is 12.4. The minimum absolute atomic E-state index is 0.143. The van der Waals surface area contributed by atoms with E-state index in [0.29, 0.717) is 17.4 Å². The summed E-state index contributed by atoms with van der Waals surface area (Å²) >= 11 is 0. The zero-order chi connectivity index (χ0) is 14.5. The third-order valence-corrected chi connectivity index (χ3v) is 5.45. The van der Waals surface area contributed by atoms with Crippen molar-refractivity contribution in [2.24, 2.45) is 16.7 Å². The Hall–Kier alpha value is -1.65. The molecular weight excluding hydrogens is 252 g/mol. The molecule has 2 aliphatic rings. The topological polar surface area (TPSA) is 80.9 Å². The fourth-order valence-corrected chi connectivity index (χ4v) is 4.32. The number of aromatic nitrogens is 2. The first kappa shape index (κ1) is 13.3. The van der Waals surface area contributed by atoms with Gasteiger partial charge in [-0.1, -0.05) is 20.8 Å². The lowest BCUT2D eigenvalue weighted by Crippen LogP contribution is -2.52. The Morgan fingerprint density at radius 3 is 2.65 bits per heavy atom. The number of carbonyl (C=O) groups is 1. The van der Waals surface area contributed by atoms with Gasteiger partial charge in [-0.25, -0.2) is 9.97 Å². The molecule has 1 heterocycles. The second-order valence-electron chi connectivity index (χ2n) is 7.15. The van der Waals surface area contributed by atoms with Gasteiger partial charge in [0.1, 0.15) is 11.5 Å². The molecule has 2 bridgehead atoms. The summed E-state index contributed by atoms with van der Waals surface area (Å²) in [6.45, 7) is 6.82.